The molecule has 0 aliphatic carbocycles. The van der Waals surface area contributed by atoms with Crippen LogP contribution in [0.5, 0.6) is 0 Å². The first-order chi connectivity index (χ1) is 8.31. The van der Waals surface area contributed by atoms with Gasteiger partial charge in [0.1, 0.15) is 5.03 Å². The van der Waals surface area contributed by atoms with Gasteiger partial charge < -0.3 is 4.74 Å². The van der Waals surface area contributed by atoms with Crippen LogP contribution in [0.4, 0.5) is 0 Å². The Morgan fingerprint density at radius 2 is 2.17 bits per heavy atom. The largest absolute Gasteiger partial charge is 0.463 e. The van der Waals surface area contributed by atoms with Gasteiger partial charge in [-0.05, 0) is 13.0 Å². The number of carbonyl (C=O) groups excluding carboxylic acids is 1. The van der Waals surface area contributed by atoms with E-state index in [4.69, 9.17) is 5.14 Å². The number of thioether (sulfide) groups is 1. The fraction of sp³-hybridized carbons (Fsp3) is 0.444. The monoisotopic (exact) mass is 291 g/mol. The van der Waals surface area contributed by atoms with Crippen molar-refractivity contribution < 1.29 is 17.9 Å². The molecule has 0 aliphatic heterocycles. The molecular weight excluding hydrogens is 278 g/mol. The number of hydrogen-bond donors (Lipinski definition) is 1. The SMILES string of the molecule is COC(=O)c1nc(C)cc(SCCS(N)(=O)=O)n1. The maximum atomic E-state index is 11.3. The molecule has 0 bridgehead atoms. The molecule has 1 aromatic heterocycles. The second kappa shape index (κ2) is 6.12. The summed E-state index contributed by atoms with van der Waals surface area (Å²) >= 11 is 1.19. The summed E-state index contributed by atoms with van der Waals surface area (Å²) in [4.78, 5) is 19.2. The Bertz CT molecular complexity index is 545. The Hall–Kier alpha value is -1.19. The van der Waals surface area contributed by atoms with Crippen molar-refractivity contribution in [3.8, 4) is 0 Å². The van der Waals surface area contributed by atoms with Gasteiger partial charge in [-0.15, -0.1) is 11.8 Å². The van der Waals surface area contributed by atoms with E-state index in [9.17, 15) is 13.2 Å². The van der Waals surface area contributed by atoms with Crippen molar-refractivity contribution in [3.05, 3.63) is 17.6 Å². The Labute approximate surface area is 109 Å². The maximum absolute atomic E-state index is 11.3. The van der Waals surface area contributed by atoms with Crippen molar-refractivity contribution >= 4 is 27.8 Å². The first-order valence-corrected chi connectivity index (χ1v) is 7.59. The lowest BCUT2D eigenvalue weighted by Crippen LogP contribution is -2.18. The van der Waals surface area contributed by atoms with Gasteiger partial charge >= 0.3 is 5.97 Å². The number of nitrogens with zero attached hydrogens (tertiary/aromatic N) is 2. The quantitative estimate of drug-likeness (QED) is 0.460. The molecule has 1 rings (SSSR count). The second-order valence-electron chi connectivity index (χ2n) is 3.38. The third-order valence-electron chi connectivity index (χ3n) is 1.82. The minimum Gasteiger partial charge on any atom is -0.463 e. The van der Waals surface area contributed by atoms with E-state index in [1.165, 1.54) is 18.9 Å². The summed E-state index contributed by atoms with van der Waals surface area (Å²) in [6.45, 7) is 1.71. The van der Waals surface area contributed by atoms with Gasteiger partial charge in [0, 0.05) is 11.4 Å². The molecule has 0 fully saturated rings. The van der Waals surface area contributed by atoms with E-state index < -0.39 is 16.0 Å². The van der Waals surface area contributed by atoms with Gasteiger partial charge in [0.05, 0.1) is 12.9 Å². The van der Waals surface area contributed by atoms with Gasteiger partial charge in [0.25, 0.3) is 0 Å². The molecule has 18 heavy (non-hydrogen) atoms. The minimum absolute atomic E-state index is 0.0457. The zero-order valence-electron chi connectivity index (χ0n) is 9.91. The molecule has 0 spiro atoms. The predicted molar refractivity (Wildman–Crippen MR) is 66.8 cm³/mol. The van der Waals surface area contributed by atoms with Crippen LogP contribution in [0.25, 0.3) is 0 Å². The summed E-state index contributed by atoms with van der Waals surface area (Å²) in [6.07, 6.45) is 0. The molecule has 0 aliphatic rings. The van der Waals surface area contributed by atoms with Crippen LogP contribution in [-0.2, 0) is 14.8 Å². The third-order valence-corrected chi connectivity index (χ3v) is 3.76. The van der Waals surface area contributed by atoms with E-state index in [1.54, 1.807) is 13.0 Å². The number of primary sulfonamides is 1. The number of aryl methyl sites for hydroxylation is 1. The number of aromatic nitrogens is 2. The third kappa shape index (κ3) is 4.98. The summed E-state index contributed by atoms with van der Waals surface area (Å²) in [5, 5.41) is 5.39. The van der Waals surface area contributed by atoms with Crippen LogP contribution >= 0.6 is 11.8 Å². The molecular formula is C9H13N3O4S2. The molecule has 1 heterocycles. The minimum atomic E-state index is -3.49. The average molecular weight is 291 g/mol. The molecule has 0 saturated heterocycles. The Morgan fingerprint density at radius 3 is 2.72 bits per heavy atom. The molecule has 0 aromatic carbocycles. The Kier molecular flexibility index (Phi) is 5.05. The molecule has 0 atom stereocenters. The van der Waals surface area contributed by atoms with E-state index in [1.807, 2.05) is 0 Å². The van der Waals surface area contributed by atoms with Crippen LogP contribution in [-0.4, -0.2) is 43.0 Å². The normalized spacial score (nSPS) is 11.3. The van der Waals surface area contributed by atoms with Crippen LogP contribution in [0, 0.1) is 6.92 Å². The number of carbonyl (C=O) groups is 1. The molecule has 100 valence electrons. The predicted octanol–water partition coefficient (Wildman–Crippen LogP) is -0.0478. The average Bonchev–Trinajstić information content (AvgIpc) is 2.25. The fourth-order valence-electron chi connectivity index (χ4n) is 1.06. The van der Waals surface area contributed by atoms with Gasteiger partial charge in [-0.1, -0.05) is 0 Å². The molecule has 0 radical (unpaired) electrons. The van der Waals surface area contributed by atoms with Crippen molar-refractivity contribution in [2.45, 2.75) is 11.9 Å². The van der Waals surface area contributed by atoms with Crippen molar-refractivity contribution in [2.75, 3.05) is 18.6 Å². The van der Waals surface area contributed by atoms with Gasteiger partial charge in [0.15, 0.2) is 0 Å². The molecule has 0 unspecified atom stereocenters. The lowest BCUT2D eigenvalue weighted by molar-refractivity contribution is 0.0585. The van der Waals surface area contributed by atoms with E-state index in [0.717, 1.165) is 0 Å². The fourth-order valence-corrected chi connectivity index (χ4v) is 2.94. The van der Waals surface area contributed by atoms with Gasteiger partial charge in [-0.3, -0.25) is 0 Å². The molecule has 1 aromatic rings. The second-order valence-corrected chi connectivity index (χ2v) is 6.23. The lowest BCUT2D eigenvalue weighted by Gasteiger charge is -2.04. The zero-order chi connectivity index (χ0) is 13.8. The number of ether oxygens (including phenoxy) is 1. The first-order valence-electron chi connectivity index (χ1n) is 4.89. The highest BCUT2D eigenvalue weighted by Gasteiger charge is 2.12. The van der Waals surface area contributed by atoms with Gasteiger partial charge in [-0.2, -0.15) is 0 Å². The standard InChI is InChI=1S/C9H13N3O4S2/c1-6-5-7(17-3-4-18(10,14)15)12-8(11-6)9(13)16-2/h5H,3-4H2,1-2H3,(H2,10,14,15). The highest BCUT2D eigenvalue weighted by atomic mass is 32.2. The van der Waals surface area contributed by atoms with Crippen LogP contribution in [0.1, 0.15) is 16.3 Å². The zero-order valence-corrected chi connectivity index (χ0v) is 11.5. The summed E-state index contributed by atoms with van der Waals surface area (Å²) < 4.78 is 26.1. The highest BCUT2D eigenvalue weighted by Crippen LogP contribution is 2.16. The maximum Gasteiger partial charge on any atom is 0.376 e. The Balaban J connectivity index is 2.77. The number of methoxy groups -OCH3 is 1. The van der Waals surface area contributed by atoms with Gasteiger partial charge in [-0.25, -0.2) is 28.3 Å². The van der Waals surface area contributed by atoms with E-state index in [2.05, 4.69) is 14.7 Å². The van der Waals surface area contributed by atoms with Gasteiger partial charge in [0.2, 0.25) is 15.8 Å². The number of sulfonamides is 1. The summed E-state index contributed by atoms with van der Waals surface area (Å²) in [7, 11) is -2.25. The molecule has 0 amide bonds. The highest BCUT2D eigenvalue weighted by molar-refractivity contribution is 8.00. The van der Waals surface area contributed by atoms with E-state index in [0.29, 0.717) is 10.7 Å². The smallest absolute Gasteiger partial charge is 0.376 e. The molecule has 7 nitrogen and oxygen atoms in total. The molecule has 0 saturated carbocycles. The van der Waals surface area contributed by atoms with Crippen molar-refractivity contribution in [1.29, 1.82) is 0 Å². The van der Waals surface area contributed by atoms with Crippen LogP contribution in [0.2, 0.25) is 0 Å². The number of rotatable bonds is 5. The van der Waals surface area contributed by atoms with E-state index in [-0.39, 0.29) is 17.3 Å². The van der Waals surface area contributed by atoms with E-state index >= 15 is 0 Å². The summed E-state index contributed by atoms with van der Waals surface area (Å²) in [6, 6.07) is 1.65. The topological polar surface area (TPSA) is 112 Å². The van der Waals surface area contributed by atoms with Crippen molar-refractivity contribution in [3.63, 3.8) is 0 Å². The number of esters is 1. The lowest BCUT2D eigenvalue weighted by atomic mass is 10.4. The van der Waals surface area contributed by atoms with Crippen LogP contribution in [0.3, 0.4) is 0 Å². The number of hydrogen-bond acceptors (Lipinski definition) is 7. The summed E-state index contributed by atoms with van der Waals surface area (Å²) in [5.74, 6) is -0.577. The molecule has 2 N–H and O–H groups in total. The summed E-state index contributed by atoms with van der Waals surface area (Å²) in [5.41, 5.74) is 0.600. The number of nitrogens with two attached hydrogens (primary N) is 1. The van der Waals surface area contributed by atoms with Crippen molar-refractivity contribution in [2.24, 2.45) is 5.14 Å². The first kappa shape index (κ1) is 14.9. The van der Waals surface area contributed by atoms with Crippen LogP contribution in [0.15, 0.2) is 11.1 Å². The van der Waals surface area contributed by atoms with Crippen molar-refractivity contribution in [1.82, 2.24) is 9.97 Å². The molecule has 9 heteroatoms. The van der Waals surface area contributed by atoms with Crippen LogP contribution < -0.4 is 5.14 Å². The Morgan fingerprint density at radius 1 is 1.50 bits per heavy atom.